The third-order valence-electron chi connectivity index (χ3n) is 3.35. The molecule has 0 unspecified atom stereocenters. The molecule has 1 aliphatic carbocycles. The van der Waals surface area contributed by atoms with Crippen molar-refractivity contribution in [2.45, 2.75) is 24.2 Å². The van der Waals surface area contributed by atoms with E-state index in [0.29, 0.717) is 26.2 Å². The molecule has 0 radical (unpaired) electrons. The van der Waals surface area contributed by atoms with Crippen molar-refractivity contribution in [3.63, 3.8) is 0 Å². The fraction of sp³-hybridized carbons (Fsp3) is 0.909. The number of carbonyl (C=O) groups excluding carboxylic acids is 1. The van der Waals surface area contributed by atoms with Gasteiger partial charge in [-0.25, -0.2) is 8.42 Å². The highest BCUT2D eigenvalue weighted by atomic mass is 32.2. The van der Waals surface area contributed by atoms with E-state index in [0.717, 1.165) is 12.8 Å². The van der Waals surface area contributed by atoms with Gasteiger partial charge in [-0.1, -0.05) is 0 Å². The van der Waals surface area contributed by atoms with Crippen molar-refractivity contribution in [3.05, 3.63) is 0 Å². The number of nitrogens with two attached hydrogens (primary N) is 1. The van der Waals surface area contributed by atoms with Gasteiger partial charge in [0.1, 0.15) is 0 Å². The van der Waals surface area contributed by atoms with Crippen molar-refractivity contribution in [3.8, 4) is 0 Å². The van der Waals surface area contributed by atoms with Crippen LogP contribution in [0.1, 0.15) is 12.8 Å². The zero-order valence-electron chi connectivity index (χ0n) is 11.1. The molecule has 110 valence electrons. The summed E-state index contributed by atoms with van der Waals surface area (Å²) < 4.78 is 31.4. The third kappa shape index (κ3) is 3.88. The molecule has 2 rings (SSSR count). The number of ether oxygens (including phenoxy) is 1. The van der Waals surface area contributed by atoms with E-state index in [4.69, 9.17) is 10.5 Å². The summed E-state index contributed by atoms with van der Waals surface area (Å²) in [6.07, 6.45) is 1.34. The van der Waals surface area contributed by atoms with Gasteiger partial charge in [-0.15, -0.1) is 0 Å². The second-order valence-corrected chi connectivity index (χ2v) is 7.47. The first-order valence-electron chi connectivity index (χ1n) is 6.47. The van der Waals surface area contributed by atoms with Gasteiger partial charge >= 0.3 is 0 Å². The van der Waals surface area contributed by atoms with Crippen LogP contribution >= 0.6 is 0 Å². The van der Waals surface area contributed by atoms with Crippen molar-refractivity contribution in [1.29, 1.82) is 0 Å². The number of morpholine rings is 1. The Morgan fingerprint density at radius 1 is 1.47 bits per heavy atom. The first-order valence-corrected chi connectivity index (χ1v) is 7.97. The van der Waals surface area contributed by atoms with Crippen LogP contribution in [0.15, 0.2) is 0 Å². The fourth-order valence-corrected chi connectivity index (χ4v) is 4.15. The average Bonchev–Trinajstić information content (AvgIpc) is 3.11. The Kier molecular flexibility index (Phi) is 4.44. The lowest BCUT2D eigenvalue weighted by molar-refractivity contribution is -0.119. The maximum atomic E-state index is 12.1. The molecule has 0 bridgehead atoms. The molecule has 1 heterocycles. The van der Waals surface area contributed by atoms with Crippen LogP contribution in [0.4, 0.5) is 0 Å². The van der Waals surface area contributed by atoms with Crippen molar-refractivity contribution >= 4 is 15.9 Å². The standard InChI is InChI=1S/C11H21N3O4S/c1-13(8-11(12)15)6-9-7-14(4-5-18-9)19(16,17)10-2-3-10/h9-10H,2-8H2,1H3,(H2,12,15)/t9-/m0/s1. The minimum absolute atomic E-state index is 0.148. The highest BCUT2D eigenvalue weighted by molar-refractivity contribution is 7.90. The topological polar surface area (TPSA) is 92.9 Å². The summed E-state index contributed by atoms with van der Waals surface area (Å²) in [5, 5.41) is -0.186. The molecule has 7 nitrogen and oxygen atoms in total. The second kappa shape index (κ2) is 5.74. The molecule has 1 amide bonds. The predicted octanol–water partition coefficient (Wildman–Crippen LogP) is -1.40. The highest BCUT2D eigenvalue weighted by Gasteiger charge is 2.41. The first-order chi connectivity index (χ1) is 8.89. The third-order valence-corrected chi connectivity index (χ3v) is 5.71. The number of rotatable bonds is 6. The van der Waals surface area contributed by atoms with Gasteiger partial charge in [0.05, 0.1) is 24.5 Å². The van der Waals surface area contributed by atoms with E-state index >= 15 is 0 Å². The molecular formula is C11H21N3O4S. The number of carbonyl (C=O) groups is 1. The maximum Gasteiger partial charge on any atom is 0.231 e. The zero-order valence-corrected chi connectivity index (χ0v) is 11.9. The van der Waals surface area contributed by atoms with Crippen LogP contribution in [0.25, 0.3) is 0 Å². The van der Waals surface area contributed by atoms with Crippen LogP contribution in [0.2, 0.25) is 0 Å². The largest absolute Gasteiger partial charge is 0.374 e. The summed E-state index contributed by atoms with van der Waals surface area (Å²) >= 11 is 0. The van der Waals surface area contributed by atoms with E-state index in [9.17, 15) is 13.2 Å². The molecule has 0 aromatic heterocycles. The second-order valence-electron chi connectivity index (χ2n) is 5.26. The van der Waals surface area contributed by atoms with Crippen molar-refractivity contribution < 1.29 is 17.9 Å². The number of hydrogen-bond donors (Lipinski definition) is 1. The molecule has 1 atom stereocenters. The molecule has 19 heavy (non-hydrogen) atoms. The maximum absolute atomic E-state index is 12.1. The first kappa shape index (κ1) is 14.7. The molecule has 2 N–H and O–H groups in total. The van der Waals surface area contributed by atoms with Gasteiger partial charge in [0.2, 0.25) is 15.9 Å². The fourth-order valence-electron chi connectivity index (χ4n) is 2.29. The van der Waals surface area contributed by atoms with E-state index in [1.807, 2.05) is 0 Å². The van der Waals surface area contributed by atoms with Crippen molar-refractivity contribution in [2.75, 3.05) is 39.8 Å². The molecule has 0 spiro atoms. The number of sulfonamides is 1. The molecule has 2 aliphatic rings. The van der Waals surface area contributed by atoms with E-state index < -0.39 is 15.9 Å². The summed E-state index contributed by atoms with van der Waals surface area (Å²) in [6, 6.07) is 0. The lowest BCUT2D eigenvalue weighted by atomic mass is 10.3. The molecule has 1 saturated heterocycles. The Morgan fingerprint density at radius 2 is 2.16 bits per heavy atom. The summed E-state index contributed by atoms with van der Waals surface area (Å²) in [5.74, 6) is -0.402. The Morgan fingerprint density at radius 3 is 2.74 bits per heavy atom. The van der Waals surface area contributed by atoms with Gasteiger partial charge in [0.15, 0.2) is 0 Å². The lowest BCUT2D eigenvalue weighted by Gasteiger charge is -2.34. The number of nitrogens with zero attached hydrogens (tertiary/aromatic N) is 2. The molecule has 1 aliphatic heterocycles. The van der Waals surface area contributed by atoms with Crippen molar-refractivity contribution in [1.82, 2.24) is 9.21 Å². The SMILES string of the molecule is CN(CC(N)=O)C[C@H]1CN(S(=O)(=O)C2CC2)CCO1. The Labute approximate surface area is 113 Å². The Balaban J connectivity index is 1.88. The molecule has 0 aromatic rings. The predicted molar refractivity (Wildman–Crippen MR) is 69.9 cm³/mol. The molecule has 8 heteroatoms. The summed E-state index contributed by atoms with van der Waals surface area (Å²) in [4.78, 5) is 12.6. The minimum atomic E-state index is -3.14. The summed E-state index contributed by atoms with van der Waals surface area (Å²) in [5.41, 5.74) is 5.12. The molecular weight excluding hydrogens is 270 g/mol. The number of hydrogen-bond acceptors (Lipinski definition) is 5. The van der Waals surface area contributed by atoms with Crippen LogP contribution in [-0.4, -0.2) is 74.7 Å². The quantitative estimate of drug-likeness (QED) is 0.649. The van der Waals surface area contributed by atoms with Gasteiger partial charge in [0.25, 0.3) is 0 Å². The van der Waals surface area contributed by atoms with Crippen LogP contribution < -0.4 is 5.73 Å². The van der Waals surface area contributed by atoms with E-state index in [-0.39, 0.29) is 17.9 Å². The molecule has 2 fully saturated rings. The number of likely N-dealkylation sites (N-methyl/N-ethyl adjacent to an activating group) is 1. The van der Waals surface area contributed by atoms with Crippen LogP contribution in [0.5, 0.6) is 0 Å². The Hall–Kier alpha value is -0.700. The van der Waals surface area contributed by atoms with Crippen LogP contribution in [0.3, 0.4) is 0 Å². The minimum Gasteiger partial charge on any atom is -0.374 e. The van der Waals surface area contributed by atoms with E-state index in [1.54, 1.807) is 11.9 Å². The molecule has 0 aromatic carbocycles. The van der Waals surface area contributed by atoms with Crippen molar-refractivity contribution in [2.24, 2.45) is 5.73 Å². The smallest absolute Gasteiger partial charge is 0.231 e. The van der Waals surface area contributed by atoms with Gasteiger partial charge in [-0.2, -0.15) is 4.31 Å². The monoisotopic (exact) mass is 291 g/mol. The van der Waals surface area contributed by atoms with Gasteiger partial charge < -0.3 is 10.5 Å². The van der Waals surface area contributed by atoms with Gasteiger partial charge in [0, 0.05) is 19.6 Å². The average molecular weight is 291 g/mol. The highest BCUT2D eigenvalue weighted by Crippen LogP contribution is 2.31. The van der Waals surface area contributed by atoms with E-state index in [1.165, 1.54) is 4.31 Å². The number of primary amides is 1. The van der Waals surface area contributed by atoms with Crippen LogP contribution in [-0.2, 0) is 19.6 Å². The summed E-state index contributed by atoms with van der Waals surface area (Å²) in [7, 11) is -1.37. The number of amides is 1. The normalized spacial score (nSPS) is 25.7. The lowest BCUT2D eigenvalue weighted by Crippen LogP contribution is -2.50. The zero-order chi connectivity index (χ0) is 14.0. The Bertz CT molecular complexity index is 435. The van der Waals surface area contributed by atoms with Gasteiger partial charge in [-0.05, 0) is 19.9 Å². The molecule has 1 saturated carbocycles. The van der Waals surface area contributed by atoms with E-state index in [2.05, 4.69) is 0 Å². The van der Waals surface area contributed by atoms with Gasteiger partial charge in [-0.3, -0.25) is 9.69 Å². The van der Waals surface area contributed by atoms with Crippen LogP contribution in [0, 0.1) is 0 Å². The summed E-state index contributed by atoms with van der Waals surface area (Å²) in [6.45, 7) is 1.84.